The Kier molecular flexibility index (Phi) is 3.56. The van der Waals surface area contributed by atoms with Crippen LogP contribution in [-0.4, -0.2) is 35.1 Å². The number of carbonyl (C=O) groups excluding carboxylic acids is 1. The van der Waals surface area contributed by atoms with Crippen LogP contribution < -0.4 is 4.74 Å². The van der Waals surface area contributed by atoms with Gasteiger partial charge in [0.05, 0.1) is 19.1 Å². The fourth-order valence-corrected chi connectivity index (χ4v) is 4.50. The first-order valence-electron chi connectivity index (χ1n) is 8.24. The van der Waals surface area contributed by atoms with Gasteiger partial charge in [0, 0.05) is 41.1 Å². The van der Waals surface area contributed by atoms with E-state index in [1.807, 2.05) is 19.2 Å². The topological polar surface area (TPSA) is 83.2 Å². The first-order chi connectivity index (χ1) is 12.1. The normalized spacial score (nSPS) is 24.6. The number of rotatable bonds is 3. The summed E-state index contributed by atoms with van der Waals surface area (Å²) in [7, 11) is 3.68. The maximum absolute atomic E-state index is 12.4. The van der Waals surface area contributed by atoms with E-state index in [4.69, 9.17) is 10.3 Å². The summed E-state index contributed by atoms with van der Waals surface area (Å²) in [5.41, 5.74) is 12.1. The summed E-state index contributed by atoms with van der Waals surface area (Å²) in [6, 6.07) is 5.89. The van der Waals surface area contributed by atoms with E-state index >= 15 is 0 Å². The highest BCUT2D eigenvalue weighted by Crippen LogP contribution is 2.51. The summed E-state index contributed by atoms with van der Waals surface area (Å²) in [5.74, 6) is 0.0318. The summed E-state index contributed by atoms with van der Waals surface area (Å²) >= 11 is 0. The minimum Gasteiger partial charge on any atom is -0.497 e. The number of aryl methyl sites for hydroxylation is 1. The summed E-state index contributed by atoms with van der Waals surface area (Å²) in [6.07, 6.45) is 2.69. The van der Waals surface area contributed by atoms with Crippen molar-refractivity contribution in [2.24, 2.45) is 18.1 Å². The molecule has 2 aliphatic rings. The fourth-order valence-electron chi connectivity index (χ4n) is 4.50. The van der Waals surface area contributed by atoms with E-state index in [9.17, 15) is 4.79 Å². The minimum atomic E-state index is -0.413. The second-order valence-electron chi connectivity index (χ2n) is 6.52. The van der Waals surface area contributed by atoms with Crippen molar-refractivity contribution in [1.29, 1.82) is 0 Å². The Morgan fingerprint density at radius 3 is 3.00 bits per heavy atom. The molecule has 1 amide bonds. The van der Waals surface area contributed by atoms with E-state index in [1.54, 1.807) is 13.2 Å². The van der Waals surface area contributed by atoms with Crippen LogP contribution in [0.5, 0.6) is 5.75 Å². The third-order valence-electron chi connectivity index (χ3n) is 5.58. The van der Waals surface area contributed by atoms with Crippen molar-refractivity contribution in [3.05, 3.63) is 52.6 Å². The second-order valence-corrected chi connectivity index (χ2v) is 6.52. The molecule has 0 bridgehead atoms. The van der Waals surface area contributed by atoms with E-state index in [0.717, 1.165) is 35.3 Å². The van der Waals surface area contributed by atoms with Gasteiger partial charge in [0.15, 0.2) is 0 Å². The zero-order valence-corrected chi connectivity index (χ0v) is 14.2. The van der Waals surface area contributed by atoms with Crippen molar-refractivity contribution in [2.45, 2.75) is 18.5 Å². The van der Waals surface area contributed by atoms with Crippen LogP contribution >= 0.6 is 0 Å². The molecule has 7 nitrogen and oxygen atoms in total. The molecule has 3 atom stereocenters. The molecule has 0 aliphatic carbocycles. The van der Waals surface area contributed by atoms with Crippen molar-refractivity contribution in [2.75, 3.05) is 13.7 Å². The number of amides is 1. The quantitative estimate of drug-likeness (QED) is 0.373. The first kappa shape index (κ1) is 15.7. The molecule has 0 saturated carbocycles. The Balaban J connectivity index is 1.88. The molecule has 0 unspecified atom stereocenters. The van der Waals surface area contributed by atoms with Crippen LogP contribution in [0.25, 0.3) is 21.3 Å². The highest BCUT2D eigenvalue weighted by molar-refractivity contribution is 5.89. The average molecular weight is 337 g/mol. The van der Waals surface area contributed by atoms with Gasteiger partial charge < -0.3 is 9.30 Å². The van der Waals surface area contributed by atoms with E-state index in [1.165, 1.54) is 5.56 Å². The molecule has 25 heavy (non-hydrogen) atoms. The van der Waals surface area contributed by atoms with E-state index in [0.29, 0.717) is 0 Å². The number of hydrogen-bond acceptors (Lipinski definition) is 3. The molecule has 128 valence electrons. The molecule has 3 heterocycles. The molecule has 1 aromatic carbocycles. The number of benzene rings is 1. The Bertz CT molecular complexity index is 941. The smallest absolute Gasteiger partial charge is 0.225 e. The van der Waals surface area contributed by atoms with Gasteiger partial charge in [0.1, 0.15) is 5.75 Å². The largest absolute Gasteiger partial charge is 0.497 e. The number of fused-ring (bicyclic) bond motifs is 5. The summed E-state index contributed by atoms with van der Waals surface area (Å²) in [4.78, 5) is 17.3. The van der Waals surface area contributed by atoms with Gasteiger partial charge in [0.25, 0.3) is 0 Å². The maximum atomic E-state index is 12.4. The maximum Gasteiger partial charge on any atom is 0.225 e. The molecule has 2 aliphatic heterocycles. The predicted molar refractivity (Wildman–Crippen MR) is 94.3 cm³/mol. The molecular weight excluding hydrogens is 318 g/mol. The van der Waals surface area contributed by atoms with Crippen LogP contribution in [0.15, 0.2) is 36.0 Å². The van der Waals surface area contributed by atoms with Gasteiger partial charge in [-0.3, -0.25) is 9.69 Å². The number of carbonyl (C=O) groups is 1. The Morgan fingerprint density at radius 2 is 2.32 bits per heavy atom. The Hall–Kier alpha value is -2.76. The molecule has 1 fully saturated rings. The Morgan fingerprint density at radius 1 is 1.52 bits per heavy atom. The lowest BCUT2D eigenvalue weighted by molar-refractivity contribution is -0.138. The number of hydrogen-bond donors (Lipinski definition) is 0. The van der Waals surface area contributed by atoms with Gasteiger partial charge >= 0.3 is 0 Å². The van der Waals surface area contributed by atoms with Crippen LogP contribution in [0.2, 0.25) is 0 Å². The van der Waals surface area contributed by atoms with Gasteiger partial charge in [-0.1, -0.05) is 6.08 Å². The lowest BCUT2D eigenvalue weighted by atomic mass is 9.73. The van der Waals surface area contributed by atoms with Crippen molar-refractivity contribution >= 4 is 16.8 Å². The van der Waals surface area contributed by atoms with Crippen molar-refractivity contribution in [3.63, 3.8) is 0 Å². The van der Waals surface area contributed by atoms with Crippen LogP contribution in [0, 0.1) is 5.92 Å². The van der Waals surface area contributed by atoms with Crippen LogP contribution in [0.3, 0.4) is 0 Å². The molecule has 0 N–H and O–H groups in total. The molecular formula is C18H19N5O2. The van der Waals surface area contributed by atoms with Crippen molar-refractivity contribution in [3.8, 4) is 5.75 Å². The highest BCUT2D eigenvalue weighted by Gasteiger charge is 2.54. The molecule has 4 rings (SSSR count). The first-order valence-corrected chi connectivity index (χ1v) is 8.24. The molecule has 0 radical (unpaired) electrons. The zero-order valence-electron chi connectivity index (χ0n) is 14.2. The van der Waals surface area contributed by atoms with Gasteiger partial charge in [-0.15, -0.1) is 6.58 Å². The average Bonchev–Trinajstić information content (AvgIpc) is 2.87. The standard InChI is InChI=1S/C18H19N5O2/c1-4-13-15(18(24)20-21-19)17-16-11(7-8-23(13)17)12-9-10(25-3)5-6-14(12)22(16)2/h4-6,9,13,15,17H,1,7-8H2,2-3H3/t13-,15-,17+/m1/s1. The predicted octanol–water partition coefficient (Wildman–Crippen LogP) is 3.11. The highest BCUT2D eigenvalue weighted by atomic mass is 16.5. The molecule has 1 saturated heterocycles. The van der Waals surface area contributed by atoms with E-state index in [-0.39, 0.29) is 18.0 Å². The summed E-state index contributed by atoms with van der Waals surface area (Å²) < 4.78 is 7.52. The van der Waals surface area contributed by atoms with E-state index in [2.05, 4.69) is 32.1 Å². The van der Waals surface area contributed by atoms with Gasteiger partial charge in [0.2, 0.25) is 5.91 Å². The second kappa shape index (κ2) is 5.65. The van der Waals surface area contributed by atoms with Gasteiger partial charge in [-0.2, -0.15) is 0 Å². The lowest BCUT2D eigenvalue weighted by Gasteiger charge is -2.55. The van der Waals surface area contributed by atoms with Crippen LogP contribution in [0.4, 0.5) is 0 Å². The number of aromatic nitrogens is 1. The molecule has 0 spiro atoms. The fraction of sp³-hybridized carbons (Fsp3) is 0.389. The SMILES string of the molecule is C=C[C@@H]1[C@@H](C(=O)N=[N+]=[N-])[C@H]2c3c(c4cc(OC)ccc4n3C)CCN12. The van der Waals surface area contributed by atoms with Crippen LogP contribution in [0.1, 0.15) is 17.3 Å². The number of ether oxygens (including phenoxy) is 1. The monoisotopic (exact) mass is 337 g/mol. The zero-order chi connectivity index (χ0) is 17.7. The lowest BCUT2D eigenvalue weighted by Crippen LogP contribution is -2.62. The summed E-state index contributed by atoms with van der Waals surface area (Å²) in [6.45, 7) is 4.71. The van der Waals surface area contributed by atoms with Gasteiger partial charge in [-0.25, -0.2) is 0 Å². The van der Waals surface area contributed by atoms with E-state index < -0.39 is 5.91 Å². The molecule has 1 aromatic heterocycles. The van der Waals surface area contributed by atoms with Crippen molar-refractivity contribution < 1.29 is 9.53 Å². The molecule has 7 heteroatoms. The Labute approximate surface area is 145 Å². The number of methoxy groups -OCH3 is 1. The molecule has 2 aromatic rings. The van der Waals surface area contributed by atoms with Gasteiger partial charge in [-0.05, 0) is 40.8 Å². The number of nitrogens with zero attached hydrogens (tertiary/aromatic N) is 5. The number of azide groups is 1. The third kappa shape index (κ3) is 2.03. The minimum absolute atomic E-state index is 0.0758. The van der Waals surface area contributed by atoms with Crippen LogP contribution in [-0.2, 0) is 18.3 Å². The third-order valence-corrected chi connectivity index (χ3v) is 5.58. The summed E-state index contributed by atoms with van der Waals surface area (Å²) in [5, 5.41) is 4.52. The van der Waals surface area contributed by atoms with Crippen molar-refractivity contribution in [1.82, 2.24) is 9.47 Å².